The molecule has 19 heavy (non-hydrogen) atoms. The fourth-order valence-corrected chi connectivity index (χ4v) is 3.93. The first-order chi connectivity index (χ1) is 9.10. The number of likely N-dealkylation sites (tertiary alicyclic amines) is 1. The molecule has 2 amide bonds. The fraction of sp³-hybridized carbons (Fsp3) is 0.929. The van der Waals surface area contributed by atoms with Crippen molar-refractivity contribution in [2.75, 3.05) is 19.3 Å². The van der Waals surface area contributed by atoms with Crippen LogP contribution in [0, 0.1) is 5.92 Å². The highest BCUT2D eigenvalue weighted by molar-refractivity contribution is 7.99. The summed E-state index contributed by atoms with van der Waals surface area (Å²) >= 11 is 1.91. The van der Waals surface area contributed by atoms with Crippen molar-refractivity contribution in [3.8, 4) is 0 Å². The Balaban J connectivity index is 1.73. The van der Waals surface area contributed by atoms with Crippen molar-refractivity contribution >= 4 is 17.8 Å². The van der Waals surface area contributed by atoms with Gasteiger partial charge in [0.15, 0.2) is 0 Å². The highest BCUT2D eigenvalue weighted by atomic mass is 32.2. The molecule has 110 valence electrons. The van der Waals surface area contributed by atoms with Crippen LogP contribution in [0.15, 0.2) is 0 Å². The van der Waals surface area contributed by atoms with Gasteiger partial charge in [-0.05, 0) is 51.2 Å². The van der Waals surface area contributed by atoms with Crippen LogP contribution in [0.3, 0.4) is 0 Å². The Labute approximate surface area is 120 Å². The van der Waals surface area contributed by atoms with Crippen LogP contribution in [0.5, 0.6) is 0 Å². The normalized spacial score (nSPS) is 30.4. The van der Waals surface area contributed by atoms with Crippen molar-refractivity contribution in [1.82, 2.24) is 10.2 Å². The second-order valence-corrected chi connectivity index (χ2v) is 7.02. The third kappa shape index (κ3) is 4.02. The molecule has 1 aliphatic carbocycles. The van der Waals surface area contributed by atoms with E-state index in [0.29, 0.717) is 17.2 Å². The van der Waals surface area contributed by atoms with Crippen molar-refractivity contribution in [1.29, 1.82) is 0 Å². The van der Waals surface area contributed by atoms with Gasteiger partial charge in [0.2, 0.25) is 0 Å². The second-order valence-electron chi connectivity index (χ2n) is 5.88. The van der Waals surface area contributed by atoms with Gasteiger partial charge in [0.05, 0.1) is 6.10 Å². The van der Waals surface area contributed by atoms with Gasteiger partial charge in [-0.15, -0.1) is 0 Å². The molecule has 1 saturated carbocycles. The Hall–Kier alpha value is -0.420. The highest BCUT2D eigenvalue weighted by Crippen LogP contribution is 2.28. The third-order valence-corrected chi connectivity index (χ3v) is 5.65. The Morgan fingerprint density at radius 3 is 2.53 bits per heavy atom. The Bertz CT molecular complexity index is 304. The van der Waals surface area contributed by atoms with Gasteiger partial charge in [-0.1, -0.05) is 0 Å². The number of amides is 2. The molecule has 2 N–H and O–H groups in total. The van der Waals surface area contributed by atoms with E-state index in [1.165, 1.54) is 6.42 Å². The maximum atomic E-state index is 12.2. The number of hydrogen-bond donors (Lipinski definition) is 2. The van der Waals surface area contributed by atoms with Crippen LogP contribution in [0.4, 0.5) is 4.79 Å². The number of nitrogens with zero attached hydrogens (tertiary/aromatic N) is 1. The van der Waals surface area contributed by atoms with Gasteiger partial charge >= 0.3 is 6.03 Å². The Morgan fingerprint density at radius 1 is 1.32 bits per heavy atom. The molecule has 2 rings (SSSR count). The lowest BCUT2D eigenvalue weighted by Gasteiger charge is -2.34. The van der Waals surface area contributed by atoms with E-state index in [1.54, 1.807) is 0 Å². The number of urea groups is 1. The largest absolute Gasteiger partial charge is 0.393 e. The lowest BCUT2D eigenvalue weighted by Crippen LogP contribution is -2.48. The molecule has 0 spiro atoms. The van der Waals surface area contributed by atoms with Gasteiger partial charge in [0, 0.05) is 24.4 Å². The molecule has 2 fully saturated rings. The molecule has 3 unspecified atom stereocenters. The average molecular weight is 286 g/mol. The van der Waals surface area contributed by atoms with Gasteiger partial charge < -0.3 is 15.3 Å². The summed E-state index contributed by atoms with van der Waals surface area (Å²) in [5.74, 6) is 0.358. The van der Waals surface area contributed by atoms with Crippen molar-refractivity contribution in [3.05, 3.63) is 0 Å². The van der Waals surface area contributed by atoms with Gasteiger partial charge in [-0.25, -0.2) is 4.79 Å². The number of aliphatic hydroxyl groups is 1. The monoisotopic (exact) mass is 286 g/mol. The molecule has 0 aromatic rings. The van der Waals surface area contributed by atoms with E-state index in [4.69, 9.17) is 0 Å². The molecule has 1 heterocycles. The minimum absolute atomic E-state index is 0.0933. The Kier molecular flexibility index (Phi) is 5.39. The zero-order valence-electron chi connectivity index (χ0n) is 12.0. The van der Waals surface area contributed by atoms with E-state index >= 15 is 0 Å². The SMILES string of the molecule is CSC1CCC(NC(=O)N2CCC(C(C)O)CC2)C1. The number of nitrogens with one attached hydrogen (secondary N) is 1. The molecule has 0 aromatic carbocycles. The predicted molar refractivity (Wildman–Crippen MR) is 79.5 cm³/mol. The number of aliphatic hydroxyl groups excluding tert-OH is 1. The molecule has 0 bridgehead atoms. The van der Waals surface area contributed by atoms with E-state index in [-0.39, 0.29) is 12.1 Å². The zero-order valence-corrected chi connectivity index (χ0v) is 12.8. The maximum absolute atomic E-state index is 12.2. The summed E-state index contributed by atoms with van der Waals surface area (Å²) in [4.78, 5) is 14.1. The van der Waals surface area contributed by atoms with E-state index in [2.05, 4.69) is 11.6 Å². The van der Waals surface area contributed by atoms with Crippen LogP contribution in [0.25, 0.3) is 0 Å². The first kappa shape index (κ1) is 15.0. The summed E-state index contributed by atoms with van der Waals surface area (Å²) in [5.41, 5.74) is 0. The number of carbonyl (C=O) groups excluding carboxylic acids is 1. The maximum Gasteiger partial charge on any atom is 0.317 e. The van der Waals surface area contributed by atoms with E-state index < -0.39 is 0 Å². The minimum atomic E-state index is -0.248. The van der Waals surface area contributed by atoms with Crippen molar-refractivity contribution in [2.24, 2.45) is 5.92 Å². The molecular formula is C14H26N2O2S. The lowest BCUT2D eigenvalue weighted by molar-refractivity contribution is 0.0793. The summed E-state index contributed by atoms with van der Waals surface area (Å²) in [7, 11) is 0. The standard InChI is InChI=1S/C14H26N2O2S/c1-10(17)11-5-7-16(8-6-11)14(18)15-12-3-4-13(9-12)19-2/h10-13,17H,3-9H2,1-2H3,(H,15,18). The van der Waals surface area contributed by atoms with Crippen LogP contribution in [-0.2, 0) is 0 Å². The summed E-state index contributed by atoms with van der Waals surface area (Å²) in [6.45, 7) is 3.40. The number of rotatable bonds is 3. The lowest BCUT2D eigenvalue weighted by atomic mass is 9.92. The van der Waals surface area contributed by atoms with Gasteiger partial charge in [0.1, 0.15) is 0 Å². The molecule has 5 heteroatoms. The molecule has 1 saturated heterocycles. The summed E-state index contributed by atoms with van der Waals surface area (Å²) in [6.07, 6.45) is 7.18. The highest BCUT2D eigenvalue weighted by Gasteiger charge is 2.29. The van der Waals surface area contributed by atoms with Crippen LogP contribution < -0.4 is 5.32 Å². The van der Waals surface area contributed by atoms with Gasteiger partial charge in [0.25, 0.3) is 0 Å². The number of thioether (sulfide) groups is 1. The fourth-order valence-electron chi connectivity index (χ4n) is 3.14. The molecule has 1 aliphatic heterocycles. The topological polar surface area (TPSA) is 52.6 Å². The van der Waals surface area contributed by atoms with E-state index in [0.717, 1.165) is 38.8 Å². The molecule has 2 aliphatic rings. The summed E-state index contributed by atoms with van der Waals surface area (Å²) < 4.78 is 0. The summed E-state index contributed by atoms with van der Waals surface area (Å²) in [5, 5.41) is 13.4. The first-order valence-corrected chi connectivity index (χ1v) is 8.65. The molecule has 4 nitrogen and oxygen atoms in total. The van der Waals surface area contributed by atoms with Crippen molar-refractivity contribution in [2.45, 2.75) is 56.4 Å². The zero-order chi connectivity index (χ0) is 13.8. The van der Waals surface area contributed by atoms with Crippen LogP contribution in [0.2, 0.25) is 0 Å². The predicted octanol–water partition coefficient (Wildman–Crippen LogP) is 2.07. The van der Waals surface area contributed by atoms with Crippen molar-refractivity contribution < 1.29 is 9.90 Å². The quantitative estimate of drug-likeness (QED) is 0.835. The van der Waals surface area contributed by atoms with Gasteiger partial charge in [-0.2, -0.15) is 11.8 Å². The Morgan fingerprint density at radius 2 is 2.00 bits per heavy atom. The molecule has 0 radical (unpaired) electrons. The van der Waals surface area contributed by atoms with Crippen LogP contribution >= 0.6 is 11.8 Å². The van der Waals surface area contributed by atoms with Crippen LogP contribution in [-0.4, -0.2) is 52.8 Å². The van der Waals surface area contributed by atoms with Crippen LogP contribution in [0.1, 0.15) is 39.0 Å². The molecule has 0 aromatic heterocycles. The number of carbonyl (C=O) groups is 1. The second kappa shape index (κ2) is 6.84. The smallest absolute Gasteiger partial charge is 0.317 e. The first-order valence-electron chi connectivity index (χ1n) is 7.36. The minimum Gasteiger partial charge on any atom is -0.393 e. The molecule has 3 atom stereocenters. The summed E-state index contributed by atoms with van der Waals surface area (Å²) in [6, 6.07) is 0.454. The van der Waals surface area contributed by atoms with E-state index in [9.17, 15) is 9.90 Å². The third-order valence-electron chi connectivity index (χ3n) is 4.55. The average Bonchev–Trinajstić information content (AvgIpc) is 2.86. The van der Waals surface area contributed by atoms with Gasteiger partial charge in [-0.3, -0.25) is 0 Å². The number of hydrogen-bond acceptors (Lipinski definition) is 3. The number of piperidine rings is 1. The van der Waals surface area contributed by atoms with Crippen molar-refractivity contribution in [3.63, 3.8) is 0 Å². The van der Waals surface area contributed by atoms with E-state index in [1.807, 2.05) is 23.6 Å². The molecular weight excluding hydrogens is 260 g/mol.